The molecule has 0 aromatic heterocycles. The summed E-state index contributed by atoms with van der Waals surface area (Å²) in [5, 5.41) is 10.7. The first-order valence-electron chi connectivity index (χ1n) is 11.5. The van der Waals surface area contributed by atoms with Crippen LogP contribution in [-0.4, -0.2) is 39.0 Å². The molecule has 3 rings (SSSR count). The Balaban J connectivity index is 1.80. The predicted octanol–water partition coefficient (Wildman–Crippen LogP) is 4.67. The molecule has 1 amide bonds. The van der Waals surface area contributed by atoms with Gasteiger partial charge in [0.05, 0.1) is 11.4 Å². The van der Waals surface area contributed by atoms with Crippen molar-refractivity contribution in [3.8, 4) is 11.1 Å². The summed E-state index contributed by atoms with van der Waals surface area (Å²) < 4.78 is 24.3. The largest absolute Gasteiger partial charge is 0.384 e. The molecule has 0 bridgehead atoms. The van der Waals surface area contributed by atoms with E-state index in [0.29, 0.717) is 16.8 Å². The number of carbonyl (C=O) groups excluding carboxylic acids is 1. The predicted molar refractivity (Wildman–Crippen MR) is 143 cm³/mol. The van der Waals surface area contributed by atoms with Gasteiger partial charge in [-0.05, 0) is 48.7 Å². The lowest BCUT2D eigenvalue weighted by molar-refractivity contribution is -0.115. The van der Waals surface area contributed by atoms with E-state index in [9.17, 15) is 13.2 Å². The van der Waals surface area contributed by atoms with Crippen molar-refractivity contribution < 1.29 is 13.2 Å². The van der Waals surface area contributed by atoms with Crippen molar-refractivity contribution in [2.45, 2.75) is 37.6 Å². The third kappa shape index (κ3) is 6.48. The molecular weight excluding hydrogens is 460 g/mol. The molecule has 4 N–H and O–H groups in total. The highest BCUT2D eigenvalue weighted by Crippen LogP contribution is 2.28. The van der Waals surface area contributed by atoms with E-state index in [1.165, 1.54) is 6.26 Å². The van der Waals surface area contributed by atoms with Crippen LogP contribution in [0.1, 0.15) is 32.3 Å². The number of anilines is 2. The number of rotatable bonds is 10. The molecule has 0 atom stereocenters. The molecule has 0 fully saturated rings. The average molecular weight is 493 g/mol. The van der Waals surface area contributed by atoms with Gasteiger partial charge in [0.2, 0.25) is 5.91 Å². The Kier molecular flexibility index (Phi) is 8.30. The van der Waals surface area contributed by atoms with Crippen LogP contribution in [0.3, 0.4) is 0 Å². The molecular formula is C27H32N4O3S. The molecule has 0 radical (unpaired) electrons. The Morgan fingerprint density at radius 3 is 2.26 bits per heavy atom. The van der Waals surface area contributed by atoms with Crippen LogP contribution in [0.4, 0.5) is 11.4 Å². The summed E-state index contributed by atoms with van der Waals surface area (Å²) in [5.74, 6) is -0.187. The van der Waals surface area contributed by atoms with Crippen molar-refractivity contribution >= 4 is 33.0 Å². The zero-order valence-corrected chi connectivity index (χ0v) is 21.1. The second-order valence-electron chi connectivity index (χ2n) is 8.46. The fourth-order valence-corrected chi connectivity index (χ4v) is 5.04. The van der Waals surface area contributed by atoms with Crippen LogP contribution in [0.15, 0.2) is 77.7 Å². The molecule has 0 saturated heterocycles. The van der Waals surface area contributed by atoms with Crippen molar-refractivity contribution in [2.24, 2.45) is 5.73 Å². The normalized spacial score (nSPS) is 11.3. The number of hydrogen-bond acceptors (Lipinski definition) is 5. The van der Waals surface area contributed by atoms with Gasteiger partial charge in [-0.2, -0.15) is 0 Å². The van der Waals surface area contributed by atoms with Gasteiger partial charge in [0.15, 0.2) is 9.84 Å². The van der Waals surface area contributed by atoms with Gasteiger partial charge in [0.1, 0.15) is 5.84 Å². The lowest BCUT2D eigenvalue weighted by Crippen LogP contribution is -2.40. The highest BCUT2D eigenvalue weighted by Gasteiger charge is 2.20. The highest BCUT2D eigenvalue weighted by molar-refractivity contribution is 7.90. The van der Waals surface area contributed by atoms with Gasteiger partial charge in [-0.3, -0.25) is 10.2 Å². The van der Waals surface area contributed by atoms with Crippen molar-refractivity contribution in [2.75, 3.05) is 23.0 Å². The maximum Gasteiger partial charge on any atom is 0.243 e. The molecule has 0 unspecified atom stereocenters. The number of hydrogen-bond donors (Lipinski definition) is 3. The molecule has 0 aliphatic rings. The standard InChI is InChI=1S/C27H32N4O3S/c1-4-22(5-2)31(23-10-8-9-20(17-23)27(28)29)18-26(32)30-21-15-13-19(14-16-21)24-11-6-7-12-25(24)35(3,33)34/h6-17,22H,4-5,18H2,1-3H3,(H3,28,29)(H,30,32). The summed E-state index contributed by atoms with van der Waals surface area (Å²) in [4.78, 5) is 15.3. The van der Waals surface area contributed by atoms with Crippen molar-refractivity contribution in [3.05, 3.63) is 78.4 Å². The second kappa shape index (κ2) is 11.2. The van der Waals surface area contributed by atoms with E-state index < -0.39 is 9.84 Å². The highest BCUT2D eigenvalue weighted by atomic mass is 32.2. The smallest absolute Gasteiger partial charge is 0.243 e. The van der Waals surface area contributed by atoms with Crippen LogP contribution in [0, 0.1) is 5.41 Å². The van der Waals surface area contributed by atoms with Crippen LogP contribution in [0.5, 0.6) is 0 Å². The first-order valence-corrected chi connectivity index (χ1v) is 13.4. The Bertz CT molecular complexity index is 1300. The molecule has 8 heteroatoms. The number of nitrogens with two attached hydrogens (primary N) is 1. The molecule has 0 heterocycles. The van der Waals surface area contributed by atoms with E-state index in [2.05, 4.69) is 19.2 Å². The number of sulfone groups is 1. The molecule has 35 heavy (non-hydrogen) atoms. The minimum atomic E-state index is -3.37. The van der Waals surface area contributed by atoms with Gasteiger partial charge >= 0.3 is 0 Å². The summed E-state index contributed by atoms with van der Waals surface area (Å²) >= 11 is 0. The number of amidine groups is 1. The lowest BCUT2D eigenvalue weighted by atomic mass is 10.1. The minimum Gasteiger partial charge on any atom is -0.384 e. The second-order valence-corrected chi connectivity index (χ2v) is 10.4. The quantitative estimate of drug-likeness (QED) is 0.281. The van der Waals surface area contributed by atoms with Gasteiger partial charge in [-0.15, -0.1) is 0 Å². The van der Waals surface area contributed by atoms with Crippen LogP contribution < -0.4 is 16.0 Å². The van der Waals surface area contributed by atoms with Crippen LogP contribution >= 0.6 is 0 Å². The van der Waals surface area contributed by atoms with Crippen molar-refractivity contribution in [1.82, 2.24) is 0 Å². The minimum absolute atomic E-state index is 0.0154. The van der Waals surface area contributed by atoms with Gasteiger partial charge < -0.3 is 16.0 Å². The van der Waals surface area contributed by atoms with Gasteiger partial charge in [0.25, 0.3) is 0 Å². The van der Waals surface area contributed by atoms with Crippen LogP contribution in [0.25, 0.3) is 11.1 Å². The van der Waals surface area contributed by atoms with Crippen molar-refractivity contribution in [1.29, 1.82) is 5.41 Å². The third-order valence-electron chi connectivity index (χ3n) is 5.95. The van der Waals surface area contributed by atoms with E-state index >= 15 is 0 Å². The number of nitrogen functional groups attached to an aromatic ring is 1. The SMILES string of the molecule is CCC(CC)N(CC(=O)Nc1ccc(-c2ccccc2S(C)(=O)=O)cc1)c1cccc(C(=N)N)c1. The zero-order chi connectivity index (χ0) is 25.6. The van der Waals surface area contributed by atoms with E-state index in [-0.39, 0.29) is 29.2 Å². The summed E-state index contributed by atoms with van der Waals surface area (Å²) in [6, 6.07) is 21.5. The van der Waals surface area contributed by atoms with Crippen molar-refractivity contribution in [3.63, 3.8) is 0 Å². The topological polar surface area (TPSA) is 116 Å². The summed E-state index contributed by atoms with van der Waals surface area (Å²) in [6.45, 7) is 4.31. The Morgan fingerprint density at radius 1 is 1.00 bits per heavy atom. The monoisotopic (exact) mass is 492 g/mol. The summed E-state index contributed by atoms with van der Waals surface area (Å²) in [7, 11) is -3.37. The first-order chi connectivity index (χ1) is 16.6. The molecule has 3 aromatic rings. The maximum absolute atomic E-state index is 13.0. The Hall–Kier alpha value is -3.65. The first kappa shape index (κ1) is 26.0. The molecule has 0 saturated carbocycles. The summed E-state index contributed by atoms with van der Waals surface area (Å²) in [5.41, 5.74) is 9.12. The summed E-state index contributed by atoms with van der Waals surface area (Å²) in [6.07, 6.45) is 2.92. The van der Waals surface area contributed by atoms with Crippen LogP contribution in [0.2, 0.25) is 0 Å². The maximum atomic E-state index is 13.0. The molecule has 7 nitrogen and oxygen atoms in total. The van der Waals surface area contributed by atoms with E-state index in [0.717, 1.165) is 24.1 Å². The Labute approximate surface area is 207 Å². The van der Waals surface area contributed by atoms with E-state index in [1.807, 2.05) is 23.1 Å². The van der Waals surface area contributed by atoms with E-state index in [4.69, 9.17) is 11.1 Å². The van der Waals surface area contributed by atoms with E-state index in [1.54, 1.807) is 54.6 Å². The van der Waals surface area contributed by atoms with Crippen LogP contribution in [-0.2, 0) is 14.6 Å². The number of nitrogens with zero attached hydrogens (tertiary/aromatic N) is 1. The number of amides is 1. The number of benzene rings is 3. The zero-order valence-electron chi connectivity index (χ0n) is 20.3. The molecule has 0 aliphatic carbocycles. The van der Waals surface area contributed by atoms with Gasteiger partial charge in [-0.1, -0.05) is 56.3 Å². The molecule has 3 aromatic carbocycles. The fraction of sp³-hybridized carbons (Fsp3) is 0.259. The number of nitrogens with one attached hydrogen (secondary N) is 2. The Morgan fingerprint density at radius 2 is 1.66 bits per heavy atom. The molecule has 184 valence electrons. The molecule has 0 aliphatic heterocycles. The molecule has 0 spiro atoms. The third-order valence-corrected chi connectivity index (χ3v) is 7.11. The number of carbonyl (C=O) groups is 1. The average Bonchev–Trinajstić information content (AvgIpc) is 2.84. The fourth-order valence-electron chi connectivity index (χ4n) is 4.13. The lowest BCUT2D eigenvalue weighted by Gasteiger charge is -2.32. The van der Waals surface area contributed by atoms with Gasteiger partial charge in [0, 0.05) is 34.8 Å². The van der Waals surface area contributed by atoms with Gasteiger partial charge in [-0.25, -0.2) is 8.42 Å².